The first-order chi connectivity index (χ1) is 37.5. The highest BCUT2D eigenvalue weighted by atomic mass is 16.5. The van der Waals surface area contributed by atoms with Gasteiger partial charge in [0, 0.05) is 12.8 Å². The minimum Gasteiger partial charge on any atom is -0.466 e. The lowest BCUT2D eigenvalue weighted by molar-refractivity contribution is -0.143. The number of ether oxygens (including phenoxy) is 1. The minimum absolute atomic E-state index is 0.0253. The van der Waals surface area contributed by atoms with Crippen LogP contribution in [0.15, 0.2) is 12.2 Å². The van der Waals surface area contributed by atoms with Gasteiger partial charge in [0.25, 0.3) is 0 Å². The first-order valence-electron chi connectivity index (χ1n) is 35.0. The van der Waals surface area contributed by atoms with Crippen molar-refractivity contribution >= 4 is 11.9 Å². The van der Waals surface area contributed by atoms with E-state index in [0.717, 1.165) is 38.5 Å². The standard InChI is InChI=1S/C70H137NO5/c1-3-5-7-9-11-13-14-40-44-48-52-56-60-64-70(75)76-65-61-57-53-49-45-42-39-37-35-33-31-29-27-25-23-21-19-17-15-16-18-20-22-24-26-28-30-32-34-36-38-41-43-47-51-55-59-63-69(74)71-67(66-72)68(73)62-58-54-50-46-12-10-8-6-4-2/h58,62,67-68,72-73H,3-57,59-61,63-66H2,1-2H3,(H,71,74)/b62-58+. The maximum Gasteiger partial charge on any atom is 0.305 e. The molecule has 6 nitrogen and oxygen atoms in total. The summed E-state index contributed by atoms with van der Waals surface area (Å²) < 4.78 is 5.49. The predicted molar refractivity (Wildman–Crippen MR) is 333 cm³/mol. The van der Waals surface area contributed by atoms with E-state index in [2.05, 4.69) is 19.2 Å². The van der Waals surface area contributed by atoms with E-state index in [1.807, 2.05) is 6.08 Å². The molecule has 0 aromatic heterocycles. The monoisotopic (exact) mass is 1070 g/mol. The molecule has 0 saturated heterocycles. The van der Waals surface area contributed by atoms with Crippen molar-refractivity contribution in [3.8, 4) is 0 Å². The lowest BCUT2D eigenvalue weighted by Gasteiger charge is -2.20. The van der Waals surface area contributed by atoms with Gasteiger partial charge in [-0.05, 0) is 32.1 Å². The number of unbranched alkanes of at least 4 members (excludes halogenated alkanes) is 55. The molecular weight excluding hydrogens is 935 g/mol. The summed E-state index contributed by atoms with van der Waals surface area (Å²) in [6.45, 7) is 4.91. The molecule has 452 valence electrons. The van der Waals surface area contributed by atoms with Crippen LogP contribution >= 0.6 is 0 Å². The zero-order valence-corrected chi connectivity index (χ0v) is 51.8. The van der Waals surface area contributed by atoms with Crippen molar-refractivity contribution in [3.63, 3.8) is 0 Å². The Morgan fingerprint density at radius 1 is 0.355 bits per heavy atom. The Balaban J connectivity index is 3.26. The smallest absolute Gasteiger partial charge is 0.305 e. The summed E-state index contributed by atoms with van der Waals surface area (Å²) in [7, 11) is 0. The summed E-state index contributed by atoms with van der Waals surface area (Å²) in [5.41, 5.74) is 0. The summed E-state index contributed by atoms with van der Waals surface area (Å²) in [4.78, 5) is 24.5. The Morgan fingerprint density at radius 3 is 0.895 bits per heavy atom. The van der Waals surface area contributed by atoms with Crippen LogP contribution in [0.2, 0.25) is 0 Å². The quantitative estimate of drug-likeness (QED) is 0.0320. The van der Waals surface area contributed by atoms with Crippen LogP contribution < -0.4 is 5.32 Å². The fourth-order valence-corrected chi connectivity index (χ4v) is 11.2. The summed E-state index contributed by atoms with van der Waals surface area (Å²) in [5, 5.41) is 23.0. The lowest BCUT2D eigenvalue weighted by Crippen LogP contribution is -2.45. The molecule has 0 saturated carbocycles. The van der Waals surface area contributed by atoms with Gasteiger partial charge in [0.05, 0.1) is 25.4 Å². The molecule has 0 radical (unpaired) electrons. The molecule has 0 heterocycles. The number of carbonyl (C=O) groups excluding carboxylic acids is 2. The Bertz CT molecular complexity index is 1140. The molecule has 0 fully saturated rings. The van der Waals surface area contributed by atoms with E-state index in [-0.39, 0.29) is 18.5 Å². The normalized spacial score (nSPS) is 12.5. The summed E-state index contributed by atoms with van der Waals surface area (Å²) in [5.74, 6) is -0.0378. The van der Waals surface area contributed by atoms with Gasteiger partial charge in [-0.1, -0.05) is 366 Å². The van der Waals surface area contributed by atoms with Crippen LogP contribution in [0.1, 0.15) is 399 Å². The first-order valence-corrected chi connectivity index (χ1v) is 35.0. The third-order valence-corrected chi connectivity index (χ3v) is 16.6. The molecule has 0 aromatic carbocycles. The van der Waals surface area contributed by atoms with Crippen molar-refractivity contribution in [1.29, 1.82) is 0 Å². The van der Waals surface area contributed by atoms with Gasteiger partial charge in [-0.25, -0.2) is 0 Å². The number of aliphatic hydroxyl groups excluding tert-OH is 2. The van der Waals surface area contributed by atoms with E-state index in [9.17, 15) is 19.8 Å². The Hall–Kier alpha value is -1.40. The maximum absolute atomic E-state index is 12.4. The molecule has 0 bridgehead atoms. The number of esters is 1. The van der Waals surface area contributed by atoms with E-state index < -0.39 is 12.1 Å². The third-order valence-electron chi connectivity index (χ3n) is 16.6. The molecule has 6 heteroatoms. The number of carbonyl (C=O) groups is 2. The van der Waals surface area contributed by atoms with Crippen molar-refractivity contribution in [2.75, 3.05) is 13.2 Å². The number of amides is 1. The molecule has 0 rings (SSSR count). The lowest BCUT2D eigenvalue weighted by atomic mass is 10.0. The Morgan fingerprint density at radius 2 is 0.605 bits per heavy atom. The van der Waals surface area contributed by atoms with Gasteiger partial charge in [-0.2, -0.15) is 0 Å². The van der Waals surface area contributed by atoms with Crippen molar-refractivity contribution in [2.24, 2.45) is 0 Å². The number of allylic oxidation sites excluding steroid dienone is 1. The SMILES string of the molecule is CCCCCCCCC/C=C/C(O)C(CO)NC(=O)CCCCCCCCCCCCCCCCCCCCCCCCCCCCCCCCCCCCCCCOC(=O)CCCCCCCCCCCCCCC. The fraction of sp³-hybridized carbons (Fsp3) is 0.943. The topological polar surface area (TPSA) is 95.9 Å². The minimum atomic E-state index is -0.837. The maximum atomic E-state index is 12.4. The number of hydrogen-bond donors (Lipinski definition) is 3. The zero-order valence-electron chi connectivity index (χ0n) is 51.8. The molecule has 0 spiro atoms. The van der Waals surface area contributed by atoms with Gasteiger partial charge in [0.1, 0.15) is 0 Å². The number of nitrogens with one attached hydrogen (secondary N) is 1. The highest BCUT2D eigenvalue weighted by Gasteiger charge is 2.18. The third kappa shape index (κ3) is 61.8. The second kappa shape index (κ2) is 66.1. The zero-order chi connectivity index (χ0) is 55.0. The number of hydrogen-bond acceptors (Lipinski definition) is 5. The van der Waals surface area contributed by atoms with Crippen LogP contribution in [0.4, 0.5) is 0 Å². The van der Waals surface area contributed by atoms with Crippen LogP contribution in [0.3, 0.4) is 0 Å². The van der Waals surface area contributed by atoms with Crippen molar-refractivity contribution in [3.05, 3.63) is 12.2 Å². The molecular formula is C70H137NO5. The highest BCUT2D eigenvalue weighted by molar-refractivity contribution is 5.76. The van der Waals surface area contributed by atoms with Crippen molar-refractivity contribution < 1.29 is 24.5 Å². The van der Waals surface area contributed by atoms with Crippen molar-refractivity contribution in [2.45, 2.75) is 411 Å². The van der Waals surface area contributed by atoms with Gasteiger partial charge in [0.2, 0.25) is 5.91 Å². The van der Waals surface area contributed by atoms with Crippen LogP contribution in [-0.2, 0) is 14.3 Å². The van der Waals surface area contributed by atoms with Gasteiger partial charge >= 0.3 is 5.97 Å². The van der Waals surface area contributed by atoms with Crippen LogP contribution in [0.25, 0.3) is 0 Å². The average Bonchev–Trinajstić information content (AvgIpc) is 3.42. The summed E-state index contributed by atoms with van der Waals surface area (Å²) in [6, 6.07) is -0.620. The molecule has 2 atom stereocenters. The molecule has 2 unspecified atom stereocenters. The Labute approximate surface area is 476 Å². The molecule has 0 aromatic rings. The van der Waals surface area contributed by atoms with Gasteiger partial charge < -0.3 is 20.3 Å². The van der Waals surface area contributed by atoms with E-state index in [4.69, 9.17) is 4.74 Å². The van der Waals surface area contributed by atoms with E-state index >= 15 is 0 Å². The molecule has 0 aliphatic heterocycles. The number of rotatable bonds is 66. The predicted octanol–water partition coefficient (Wildman–Crippen LogP) is 22.4. The van der Waals surface area contributed by atoms with Gasteiger partial charge in [-0.3, -0.25) is 9.59 Å². The highest BCUT2D eigenvalue weighted by Crippen LogP contribution is 2.19. The number of aliphatic hydroxyl groups is 2. The summed E-state index contributed by atoms with van der Waals surface area (Å²) >= 11 is 0. The van der Waals surface area contributed by atoms with Crippen LogP contribution in [-0.4, -0.2) is 47.4 Å². The molecule has 76 heavy (non-hydrogen) atoms. The van der Waals surface area contributed by atoms with Crippen LogP contribution in [0, 0.1) is 0 Å². The molecule has 1 amide bonds. The van der Waals surface area contributed by atoms with E-state index in [1.165, 1.54) is 334 Å². The average molecular weight is 1070 g/mol. The van der Waals surface area contributed by atoms with Crippen LogP contribution in [0.5, 0.6) is 0 Å². The largest absolute Gasteiger partial charge is 0.466 e. The second-order valence-electron chi connectivity index (χ2n) is 24.2. The molecule has 0 aliphatic rings. The first kappa shape index (κ1) is 74.6. The second-order valence-corrected chi connectivity index (χ2v) is 24.2. The van der Waals surface area contributed by atoms with E-state index in [1.54, 1.807) is 6.08 Å². The van der Waals surface area contributed by atoms with Gasteiger partial charge in [-0.15, -0.1) is 0 Å². The Kier molecular flexibility index (Phi) is 64.9. The van der Waals surface area contributed by atoms with Crippen molar-refractivity contribution in [1.82, 2.24) is 5.32 Å². The fourth-order valence-electron chi connectivity index (χ4n) is 11.2. The van der Waals surface area contributed by atoms with E-state index in [0.29, 0.717) is 19.4 Å². The van der Waals surface area contributed by atoms with Gasteiger partial charge in [0.15, 0.2) is 0 Å². The molecule has 0 aliphatic carbocycles. The molecule has 3 N–H and O–H groups in total. The summed E-state index contributed by atoms with van der Waals surface area (Å²) in [6.07, 6.45) is 81.8.